The van der Waals surface area contributed by atoms with Crippen LogP contribution in [0.5, 0.6) is 0 Å². The van der Waals surface area contributed by atoms with Crippen molar-refractivity contribution < 1.29 is 14.3 Å². The molecule has 0 aromatic heterocycles. The molecule has 1 aromatic carbocycles. The van der Waals surface area contributed by atoms with E-state index in [4.69, 9.17) is 4.74 Å². The predicted octanol–water partition coefficient (Wildman–Crippen LogP) is 2.94. The molecule has 1 atom stereocenters. The second-order valence-corrected chi connectivity index (χ2v) is 6.77. The molecule has 4 nitrogen and oxygen atoms in total. The van der Waals surface area contributed by atoms with Crippen LogP contribution in [0.25, 0.3) is 0 Å². The maximum Gasteiger partial charge on any atom is 0.299 e. The van der Waals surface area contributed by atoms with Crippen molar-refractivity contribution in [1.29, 1.82) is 0 Å². The number of para-hydroxylation sites is 1. The Labute approximate surface area is 126 Å². The summed E-state index contributed by atoms with van der Waals surface area (Å²) in [7, 11) is 0. The van der Waals surface area contributed by atoms with Gasteiger partial charge >= 0.3 is 0 Å². The monoisotopic (exact) mass is 337 g/mol. The molecule has 2 heterocycles. The van der Waals surface area contributed by atoms with Gasteiger partial charge < -0.3 is 9.64 Å². The number of fused-ring (bicyclic) bond motifs is 1. The van der Waals surface area contributed by atoms with Crippen molar-refractivity contribution in [2.24, 2.45) is 0 Å². The molecule has 106 valence electrons. The minimum atomic E-state index is -0.458. The van der Waals surface area contributed by atoms with Crippen molar-refractivity contribution in [3.05, 3.63) is 28.2 Å². The van der Waals surface area contributed by atoms with E-state index >= 15 is 0 Å². The number of ether oxygens (including phenoxy) is 1. The first-order valence-corrected chi connectivity index (χ1v) is 7.51. The smallest absolute Gasteiger partial charge is 0.299 e. The highest BCUT2D eigenvalue weighted by Crippen LogP contribution is 2.38. The number of hydrogen-bond acceptors (Lipinski definition) is 3. The van der Waals surface area contributed by atoms with Crippen molar-refractivity contribution in [2.75, 3.05) is 11.4 Å². The number of nitrogens with zero attached hydrogens (tertiary/aromatic N) is 1. The first-order valence-electron chi connectivity index (χ1n) is 6.71. The fourth-order valence-corrected chi connectivity index (χ4v) is 3.48. The average Bonchev–Trinajstić information content (AvgIpc) is 2.84. The summed E-state index contributed by atoms with van der Waals surface area (Å²) in [5.74, 6) is -0.890. The molecule has 0 saturated carbocycles. The van der Waals surface area contributed by atoms with Crippen LogP contribution in [0.2, 0.25) is 0 Å². The molecular formula is C15H16BrNO3. The molecule has 1 fully saturated rings. The van der Waals surface area contributed by atoms with E-state index in [1.165, 1.54) is 0 Å². The lowest BCUT2D eigenvalue weighted by atomic mass is 10.1. The molecule has 2 aliphatic rings. The Morgan fingerprint density at radius 1 is 1.40 bits per heavy atom. The van der Waals surface area contributed by atoms with E-state index in [2.05, 4.69) is 15.9 Å². The van der Waals surface area contributed by atoms with Gasteiger partial charge in [-0.25, -0.2) is 0 Å². The third-order valence-electron chi connectivity index (χ3n) is 3.88. The van der Waals surface area contributed by atoms with Crippen LogP contribution in [0.3, 0.4) is 0 Å². The molecule has 0 aliphatic carbocycles. The molecule has 0 spiro atoms. The molecule has 0 radical (unpaired) electrons. The quantitative estimate of drug-likeness (QED) is 0.779. The van der Waals surface area contributed by atoms with Gasteiger partial charge in [0.15, 0.2) is 0 Å². The van der Waals surface area contributed by atoms with Crippen LogP contribution in [0.4, 0.5) is 5.69 Å². The number of rotatable bonds is 2. The lowest BCUT2D eigenvalue weighted by molar-refractivity contribution is -0.114. The van der Waals surface area contributed by atoms with Crippen molar-refractivity contribution in [2.45, 2.75) is 38.4 Å². The van der Waals surface area contributed by atoms with Crippen LogP contribution in [0, 0.1) is 0 Å². The van der Waals surface area contributed by atoms with Crippen molar-refractivity contribution >= 4 is 33.3 Å². The minimum Gasteiger partial charge on any atom is -0.370 e. The van der Waals surface area contributed by atoms with Gasteiger partial charge in [-0.1, -0.05) is 6.07 Å². The number of carbonyl (C=O) groups is 2. The van der Waals surface area contributed by atoms with Gasteiger partial charge in [0.25, 0.3) is 11.7 Å². The molecule has 0 N–H and O–H groups in total. The number of halogens is 1. The molecule has 20 heavy (non-hydrogen) atoms. The number of amides is 1. The largest absolute Gasteiger partial charge is 0.370 e. The van der Waals surface area contributed by atoms with Crippen LogP contribution >= 0.6 is 15.9 Å². The van der Waals surface area contributed by atoms with Crippen molar-refractivity contribution in [3.8, 4) is 0 Å². The Morgan fingerprint density at radius 2 is 2.15 bits per heavy atom. The van der Waals surface area contributed by atoms with Gasteiger partial charge in [-0.3, -0.25) is 9.59 Å². The van der Waals surface area contributed by atoms with Crippen molar-refractivity contribution in [3.63, 3.8) is 0 Å². The number of carbonyl (C=O) groups excluding carboxylic acids is 2. The Morgan fingerprint density at radius 3 is 2.80 bits per heavy atom. The summed E-state index contributed by atoms with van der Waals surface area (Å²) < 4.78 is 6.70. The van der Waals surface area contributed by atoms with E-state index in [0.29, 0.717) is 17.8 Å². The second-order valence-electron chi connectivity index (χ2n) is 5.92. The topological polar surface area (TPSA) is 46.6 Å². The first kappa shape index (κ1) is 13.8. The highest BCUT2D eigenvalue weighted by molar-refractivity contribution is 9.10. The normalized spacial score (nSPS) is 24.4. The maximum absolute atomic E-state index is 12.2. The van der Waals surface area contributed by atoms with E-state index in [0.717, 1.165) is 17.3 Å². The van der Waals surface area contributed by atoms with Crippen LogP contribution in [0.1, 0.15) is 37.0 Å². The third kappa shape index (κ3) is 2.19. The lowest BCUT2D eigenvalue weighted by Gasteiger charge is -2.24. The van der Waals surface area contributed by atoms with Crippen LogP contribution in [0.15, 0.2) is 22.7 Å². The zero-order valence-corrected chi connectivity index (χ0v) is 13.1. The number of benzene rings is 1. The number of ketones is 1. The van der Waals surface area contributed by atoms with E-state index in [-0.39, 0.29) is 11.7 Å². The fourth-order valence-electron chi connectivity index (χ4n) is 2.90. The molecule has 1 aromatic rings. The Kier molecular flexibility index (Phi) is 3.21. The van der Waals surface area contributed by atoms with Gasteiger partial charge in [0.2, 0.25) is 0 Å². The summed E-state index contributed by atoms with van der Waals surface area (Å²) in [5, 5.41) is 0. The maximum atomic E-state index is 12.2. The van der Waals surface area contributed by atoms with E-state index in [9.17, 15) is 9.59 Å². The van der Waals surface area contributed by atoms with E-state index < -0.39 is 11.7 Å². The molecular weight excluding hydrogens is 322 g/mol. The summed E-state index contributed by atoms with van der Waals surface area (Å²) in [6, 6.07) is 5.31. The van der Waals surface area contributed by atoms with Gasteiger partial charge in [0.05, 0.1) is 29.5 Å². The van der Waals surface area contributed by atoms with Gasteiger partial charge in [0.1, 0.15) is 0 Å². The molecule has 1 saturated heterocycles. The van der Waals surface area contributed by atoms with Gasteiger partial charge in [-0.15, -0.1) is 0 Å². The lowest BCUT2D eigenvalue weighted by Crippen LogP contribution is -2.37. The Hall–Kier alpha value is -1.20. The van der Waals surface area contributed by atoms with Gasteiger partial charge in [0, 0.05) is 4.47 Å². The summed E-state index contributed by atoms with van der Waals surface area (Å²) >= 11 is 3.43. The second kappa shape index (κ2) is 4.67. The van der Waals surface area contributed by atoms with E-state index in [1.807, 2.05) is 19.9 Å². The number of Topliss-reactive ketones (excluding diaryl/α,β-unsaturated/α-hetero) is 1. The Balaban J connectivity index is 1.88. The fraction of sp³-hybridized carbons (Fsp3) is 0.467. The standard InChI is InChI=1S/C15H16BrNO3/c1-15(2)7-6-9(20-15)8-17-12-10(13(18)14(17)19)4-3-5-11(12)16/h3-5,9H,6-8H2,1-2H3. The average molecular weight is 338 g/mol. The zero-order chi connectivity index (χ0) is 14.5. The Bertz CT molecular complexity index is 597. The molecule has 0 bridgehead atoms. The van der Waals surface area contributed by atoms with Crippen molar-refractivity contribution in [1.82, 2.24) is 0 Å². The zero-order valence-electron chi connectivity index (χ0n) is 11.5. The highest BCUT2D eigenvalue weighted by atomic mass is 79.9. The minimum absolute atomic E-state index is 0.0141. The molecule has 1 unspecified atom stereocenters. The van der Waals surface area contributed by atoms with E-state index in [1.54, 1.807) is 17.0 Å². The molecule has 1 amide bonds. The van der Waals surface area contributed by atoms with Crippen LogP contribution < -0.4 is 4.90 Å². The number of anilines is 1. The summed E-state index contributed by atoms with van der Waals surface area (Å²) in [6.07, 6.45) is 1.86. The highest BCUT2D eigenvalue weighted by Gasteiger charge is 2.40. The number of hydrogen-bond donors (Lipinski definition) is 0. The van der Waals surface area contributed by atoms with Gasteiger partial charge in [-0.2, -0.15) is 0 Å². The molecule has 3 rings (SSSR count). The molecule has 2 aliphatic heterocycles. The van der Waals surface area contributed by atoms with Gasteiger partial charge in [-0.05, 0) is 54.8 Å². The third-order valence-corrected chi connectivity index (χ3v) is 4.52. The molecule has 5 heteroatoms. The summed E-state index contributed by atoms with van der Waals surface area (Å²) in [6.45, 7) is 4.53. The first-order chi connectivity index (χ1) is 9.39. The van der Waals surface area contributed by atoms with Crippen LogP contribution in [-0.4, -0.2) is 29.9 Å². The summed E-state index contributed by atoms with van der Waals surface area (Å²) in [4.78, 5) is 25.7. The van der Waals surface area contributed by atoms with Crippen LogP contribution in [-0.2, 0) is 9.53 Å². The predicted molar refractivity (Wildman–Crippen MR) is 79.0 cm³/mol. The summed E-state index contributed by atoms with van der Waals surface area (Å²) in [5.41, 5.74) is 1.01. The SMILES string of the molecule is CC1(C)CCC(CN2C(=O)C(=O)c3cccc(Br)c32)O1.